The van der Waals surface area contributed by atoms with Crippen molar-refractivity contribution in [2.75, 3.05) is 11.9 Å². The molecule has 0 fully saturated rings. The molecule has 2 heterocycles. The summed E-state index contributed by atoms with van der Waals surface area (Å²) in [4.78, 5) is 0. The fourth-order valence-corrected chi connectivity index (χ4v) is 2.42. The number of nitrogens with one attached hydrogen (secondary N) is 1. The molecular weight excluding hydrogens is 290 g/mol. The van der Waals surface area contributed by atoms with Crippen molar-refractivity contribution in [2.24, 2.45) is 0 Å². The van der Waals surface area contributed by atoms with Gasteiger partial charge in [-0.15, -0.1) is 10.2 Å². The standard InChI is InChI=1S/C17H21N5O/c1-4-8-23-15-7-5-6-14(9-15)10-18-16-12(2)13(3)21-22-11-19-20-17(16)22/h5-7,9,11,18H,4,8,10H2,1-3H3. The number of nitrogens with zero attached hydrogens (tertiary/aromatic N) is 4. The summed E-state index contributed by atoms with van der Waals surface area (Å²) in [5.74, 6) is 0.904. The first-order valence-electron chi connectivity index (χ1n) is 7.82. The highest BCUT2D eigenvalue weighted by atomic mass is 16.5. The Hall–Kier alpha value is -2.63. The maximum atomic E-state index is 5.68. The number of rotatable bonds is 6. The predicted octanol–water partition coefficient (Wildman–Crippen LogP) is 3.14. The molecule has 0 aliphatic rings. The van der Waals surface area contributed by atoms with Gasteiger partial charge in [0.15, 0.2) is 0 Å². The molecule has 0 aliphatic carbocycles. The molecule has 6 nitrogen and oxygen atoms in total. The largest absolute Gasteiger partial charge is 0.494 e. The van der Waals surface area contributed by atoms with E-state index in [1.165, 1.54) is 0 Å². The first kappa shape index (κ1) is 15.3. The van der Waals surface area contributed by atoms with Crippen LogP contribution in [0.15, 0.2) is 30.6 Å². The molecule has 1 aromatic carbocycles. The van der Waals surface area contributed by atoms with Gasteiger partial charge in [0.25, 0.3) is 0 Å². The van der Waals surface area contributed by atoms with Crippen molar-refractivity contribution in [3.8, 4) is 5.75 Å². The van der Waals surface area contributed by atoms with Crippen LogP contribution >= 0.6 is 0 Å². The van der Waals surface area contributed by atoms with E-state index < -0.39 is 0 Å². The average Bonchev–Trinajstić information content (AvgIpc) is 3.01. The van der Waals surface area contributed by atoms with Gasteiger partial charge in [-0.2, -0.15) is 9.61 Å². The molecule has 0 spiro atoms. The molecule has 0 amide bonds. The Balaban J connectivity index is 1.81. The van der Waals surface area contributed by atoms with E-state index in [9.17, 15) is 0 Å². The van der Waals surface area contributed by atoms with Gasteiger partial charge in [0.2, 0.25) is 5.65 Å². The number of ether oxygens (including phenoxy) is 1. The summed E-state index contributed by atoms with van der Waals surface area (Å²) >= 11 is 0. The smallest absolute Gasteiger partial charge is 0.200 e. The van der Waals surface area contributed by atoms with Crippen molar-refractivity contribution in [3.05, 3.63) is 47.4 Å². The van der Waals surface area contributed by atoms with E-state index in [1.807, 2.05) is 26.0 Å². The van der Waals surface area contributed by atoms with Crippen LogP contribution in [0.3, 0.4) is 0 Å². The van der Waals surface area contributed by atoms with Crippen LogP contribution in [0.2, 0.25) is 0 Å². The van der Waals surface area contributed by atoms with Crippen LogP contribution < -0.4 is 10.1 Å². The minimum absolute atomic E-state index is 0.691. The Kier molecular flexibility index (Phi) is 4.41. The molecule has 0 aliphatic heterocycles. The van der Waals surface area contributed by atoms with Crippen LogP contribution in [0.5, 0.6) is 5.75 Å². The Morgan fingerprint density at radius 1 is 1.26 bits per heavy atom. The van der Waals surface area contributed by atoms with Gasteiger partial charge in [-0.1, -0.05) is 19.1 Å². The zero-order valence-corrected chi connectivity index (χ0v) is 13.7. The summed E-state index contributed by atoms with van der Waals surface area (Å²) in [5, 5.41) is 16.0. The molecule has 3 rings (SSSR count). The van der Waals surface area contributed by atoms with Crippen molar-refractivity contribution in [1.29, 1.82) is 0 Å². The van der Waals surface area contributed by atoms with Crippen molar-refractivity contribution in [2.45, 2.75) is 33.7 Å². The van der Waals surface area contributed by atoms with Gasteiger partial charge in [0.05, 0.1) is 18.0 Å². The number of aryl methyl sites for hydroxylation is 1. The minimum Gasteiger partial charge on any atom is -0.494 e. The summed E-state index contributed by atoms with van der Waals surface area (Å²) in [7, 11) is 0. The fourth-order valence-electron chi connectivity index (χ4n) is 2.42. The first-order valence-corrected chi connectivity index (χ1v) is 7.82. The Morgan fingerprint density at radius 3 is 2.96 bits per heavy atom. The second kappa shape index (κ2) is 6.64. The minimum atomic E-state index is 0.691. The van der Waals surface area contributed by atoms with E-state index >= 15 is 0 Å². The van der Waals surface area contributed by atoms with Crippen LogP contribution in [0.1, 0.15) is 30.2 Å². The van der Waals surface area contributed by atoms with E-state index in [1.54, 1.807) is 10.8 Å². The average molecular weight is 311 g/mol. The molecule has 0 atom stereocenters. The number of hydrogen-bond donors (Lipinski definition) is 1. The van der Waals surface area contributed by atoms with E-state index in [2.05, 4.69) is 39.7 Å². The molecule has 120 valence electrons. The zero-order chi connectivity index (χ0) is 16.2. The molecule has 0 unspecified atom stereocenters. The quantitative estimate of drug-likeness (QED) is 0.757. The Bertz CT molecular complexity index is 812. The maximum absolute atomic E-state index is 5.68. The molecule has 0 saturated heterocycles. The summed E-state index contributed by atoms with van der Waals surface area (Å²) < 4.78 is 7.38. The highest BCUT2D eigenvalue weighted by Crippen LogP contribution is 2.23. The number of aromatic nitrogens is 4. The van der Waals surface area contributed by atoms with Gasteiger partial charge >= 0.3 is 0 Å². The van der Waals surface area contributed by atoms with Crippen LogP contribution in [-0.2, 0) is 6.54 Å². The lowest BCUT2D eigenvalue weighted by atomic mass is 10.1. The lowest BCUT2D eigenvalue weighted by Crippen LogP contribution is -2.07. The summed E-state index contributed by atoms with van der Waals surface area (Å²) in [6.07, 6.45) is 2.62. The van der Waals surface area contributed by atoms with Gasteiger partial charge in [-0.25, -0.2) is 0 Å². The highest BCUT2D eigenvalue weighted by molar-refractivity contribution is 5.71. The molecule has 0 bridgehead atoms. The molecule has 23 heavy (non-hydrogen) atoms. The zero-order valence-electron chi connectivity index (χ0n) is 13.7. The third-order valence-corrected chi connectivity index (χ3v) is 3.77. The molecule has 6 heteroatoms. The molecular formula is C17H21N5O. The normalized spacial score (nSPS) is 10.9. The van der Waals surface area contributed by atoms with Crippen molar-refractivity contribution >= 4 is 11.3 Å². The highest BCUT2D eigenvalue weighted by Gasteiger charge is 2.11. The van der Waals surface area contributed by atoms with E-state index in [0.717, 1.165) is 46.9 Å². The van der Waals surface area contributed by atoms with Crippen molar-refractivity contribution in [1.82, 2.24) is 19.8 Å². The summed E-state index contributed by atoms with van der Waals surface area (Å²) in [6.45, 7) is 7.55. The van der Waals surface area contributed by atoms with E-state index in [0.29, 0.717) is 6.54 Å². The SMILES string of the molecule is CCCOc1cccc(CNc2c(C)c(C)nn3cnnc23)c1. The second-order valence-electron chi connectivity index (χ2n) is 5.53. The molecule has 2 aromatic heterocycles. The van der Waals surface area contributed by atoms with Gasteiger partial charge in [-0.3, -0.25) is 0 Å². The fraction of sp³-hybridized carbons (Fsp3) is 0.353. The lowest BCUT2D eigenvalue weighted by molar-refractivity contribution is 0.317. The number of hydrogen-bond acceptors (Lipinski definition) is 5. The molecule has 0 radical (unpaired) electrons. The van der Waals surface area contributed by atoms with Crippen molar-refractivity contribution in [3.63, 3.8) is 0 Å². The van der Waals surface area contributed by atoms with Crippen molar-refractivity contribution < 1.29 is 4.74 Å². The lowest BCUT2D eigenvalue weighted by Gasteiger charge is -2.13. The van der Waals surface area contributed by atoms with Gasteiger partial charge < -0.3 is 10.1 Å². The first-order chi connectivity index (χ1) is 11.2. The molecule has 1 N–H and O–H groups in total. The summed E-state index contributed by atoms with van der Waals surface area (Å²) in [5.41, 5.74) is 4.91. The summed E-state index contributed by atoms with van der Waals surface area (Å²) in [6, 6.07) is 8.14. The van der Waals surface area contributed by atoms with Gasteiger partial charge in [-0.05, 0) is 43.5 Å². The molecule has 0 saturated carbocycles. The van der Waals surface area contributed by atoms with Crippen LogP contribution in [0, 0.1) is 13.8 Å². The van der Waals surface area contributed by atoms with Crippen LogP contribution in [0.4, 0.5) is 5.69 Å². The monoisotopic (exact) mass is 311 g/mol. The Labute approximate surface area is 135 Å². The predicted molar refractivity (Wildman–Crippen MR) is 89.8 cm³/mol. The second-order valence-corrected chi connectivity index (χ2v) is 5.53. The number of anilines is 1. The topological polar surface area (TPSA) is 64.3 Å². The molecule has 3 aromatic rings. The van der Waals surface area contributed by atoms with Gasteiger partial charge in [0, 0.05) is 6.54 Å². The van der Waals surface area contributed by atoms with Crippen LogP contribution in [-0.4, -0.2) is 26.4 Å². The van der Waals surface area contributed by atoms with E-state index in [4.69, 9.17) is 4.74 Å². The third kappa shape index (κ3) is 3.26. The number of benzene rings is 1. The van der Waals surface area contributed by atoms with Crippen LogP contribution in [0.25, 0.3) is 5.65 Å². The maximum Gasteiger partial charge on any atom is 0.200 e. The number of fused-ring (bicyclic) bond motifs is 1. The third-order valence-electron chi connectivity index (χ3n) is 3.77. The Morgan fingerprint density at radius 2 is 2.13 bits per heavy atom. The van der Waals surface area contributed by atoms with E-state index in [-0.39, 0.29) is 0 Å². The van der Waals surface area contributed by atoms with Gasteiger partial charge in [0.1, 0.15) is 12.1 Å².